The molecule has 3 aromatic heterocycles. The Balaban J connectivity index is 0.000000166. The third-order valence-corrected chi connectivity index (χ3v) is 10.9. The third kappa shape index (κ3) is 13.4. The molecule has 0 spiro atoms. The third-order valence-electron chi connectivity index (χ3n) is 10.9. The number of aryl methyl sites for hydroxylation is 4. The molecule has 19 nitrogen and oxygen atoms in total. The summed E-state index contributed by atoms with van der Waals surface area (Å²) in [6, 6.07) is 23.8. The summed E-state index contributed by atoms with van der Waals surface area (Å²) in [5.41, 5.74) is 34.9. The normalized spacial score (nSPS) is 17.2. The molecular weight excluding hydrogens is 837 g/mol. The minimum atomic E-state index is -0.575. The molecule has 0 radical (unpaired) electrons. The lowest BCUT2D eigenvalue weighted by Crippen LogP contribution is -2.35. The molecule has 0 unspecified atom stereocenters. The smallest absolute Gasteiger partial charge is 0.254 e. The molecule has 4 atom stereocenters. The van der Waals surface area contributed by atoms with E-state index in [0.29, 0.717) is 35.2 Å². The number of amides is 3. The number of anilines is 8. The van der Waals surface area contributed by atoms with Crippen LogP contribution in [0.1, 0.15) is 92.1 Å². The topological polar surface area (TPSA) is 319 Å². The standard InChI is InChI=1S/2C17H22N6O.C13H14N4O/c2*1-10-4-2-5-11(8-10)21-16-12(15(19)24)9-20-17(23-16)22-14-7-3-6-13(14)18;1-8-4-3-5-10(6-8)17-13-11(12(14)18)7-15-9(2)16-13/h2*2,4-5,8-9,13-14H,3,6-7,18H2,1H3,(H2,19,24)(H2,20,21,22,23);3-7H,1-2H3,(H2,14,18)(H,15,16,17)/t2*13-,14+;/m00./s1. The van der Waals surface area contributed by atoms with Gasteiger partial charge in [-0.3, -0.25) is 14.4 Å². The van der Waals surface area contributed by atoms with E-state index in [1.54, 1.807) is 6.92 Å². The van der Waals surface area contributed by atoms with Crippen molar-refractivity contribution in [3.63, 3.8) is 0 Å². The Morgan fingerprint density at radius 1 is 0.500 bits per heavy atom. The van der Waals surface area contributed by atoms with E-state index < -0.39 is 17.7 Å². The van der Waals surface area contributed by atoms with E-state index in [9.17, 15) is 14.4 Å². The second kappa shape index (κ2) is 22.2. The lowest BCUT2D eigenvalue weighted by atomic mass is 10.2. The molecule has 3 amide bonds. The van der Waals surface area contributed by atoms with Gasteiger partial charge in [0.05, 0.1) is 0 Å². The minimum absolute atomic E-state index is 0.0950. The van der Waals surface area contributed by atoms with Crippen LogP contribution >= 0.6 is 0 Å². The van der Waals surface area contributed by atoms with Gasteiger partial charge < -0.3 is 55.3 Å². The van der Waals surface area contributed by atoms with Gasteiger partial charge in [0.25, 0.3) is 17.7 Å². The lowest BCUT2D eigenvalue weighted by Gasteiger charge is -2.18. The average Bonchev–Trinajstić information content (AvgIpc) is 3.86. The van der Waals surface area contributed by atoms with E-state index in [4.69, 9.17) is 28.7 Å². The van der Waals surface area contributed by atoms with Crippen LogP contribution in [0.25, 0.3) is 0 Å². The molecular formula is C47H58N16O3. The largest absolute Gasteiger partial charge is 0.365 e. The number of benzene rings is 3. The van der Waals surface area contributed by atoms with Gasteiger partial charge in [0.15, 0.2) is 0 Å². The van der Waals surface area contributed by atoms with Crippen molar-refractivity contribution in [2.75, 3.05) is 26.6 Å². The zero-order chi connectivity index (χ0) is 47.3. The van der Waals surface area contributed by atoms with Crippen molar-refractivity contribution in [1.29, 1.82) is 0 Å². The van der Waals surface area contributed by atoms with E-state index in [1.807, 2.05) is 93.6 Å². The van der Waals surface area contributed by atoms with Crippen molar-refractivity contribution < 1.29 is 14.4 Å². The summed E-state index contributed by atoms with van der Waals surface area (Å²) < 4.78 is 0. The number of carbonyl (C=O) groups excluding carboxylic acids is 3. The van der Waals surface area contributed by atoms with Crippen LogP contribution in [0.2, 0.25) is 0 Å². The van der Waals surface area contributed by atoms with E-state index in [-0.39, 0.29) is 40.9 Å². The number of carbonyl (C=O) groups is 3. The predicted molar refractivity (Wildman–Crippen MR) is 258 cm³/mol. The Morgan fingerprint density at radius 3 is 1.17 bits per heavy atom. The quantitative estimate of drug-likeness (QED) is 0.0657. The van der Waals surface area contributed by atoms with Gasteiger partial charge in [-0.15, -0.1) is 0 Å². The first-order valence-electron chi connectivity index (χ1n) is 21.6. The second-order valence-electron chi connectivity index (χ2n) is 16.4. The van der Waals surface area contributed by atoms with Crippen LogP contribution in [-0.4, -0.2) is 71.8 Å². The summed E-state index contributed by atoms with van der Waals surface area (Å²) in [7, 11) is 0. The number of hydrogen-bond donors (Lipinski definition) is 10. The number of hydrogen-bond acceptors (Lipinski definition) is 16. The summed E-state index contributed by atoms with van der Waals surface area (Å²) in [6.07, 6.45) is 10.5. The fourth-order valence-electron chi connectivity index (χ4n) is 7.45. The lowest BCUT2D eigenvalue weighted by molar-refractivity contribution is 0.0992. The number of aromatic nitrogens is 6. The van der Waals surface area contributed by atoms with Crippen LogP contribution in [-0.2, 0) is 0 Å². The Kier molecular flexibility index (Phi) is 16.1. The fraction of sp³-hybridized carbons (Fsp3) is 0.298. The van der Waals surface area contributed by atoms with Crippen molar-refractivity contribution >= 4 is 64.1 Å². The van der Waals surface area contributed by atoms with E-state index in [0.717, 1.165) is 72.3 Å². The van der Waals surface area contributed by atoms with Crippen molar-refractivity contribution in [2.45, 2.75) is 90.4 Å². The first-order valence-corrected chi connectivity index (χ1v) is 21.6. The summed E-state index contributed by atoms with van der Waals surface area (Å²) in [5.74, 6) is 0.966. The Morgan fingerprint density at radius 2 is 0.848 bits per heavy atom. The molecule has 3 aromatic carbocycles. The Labute approximate surface area is 383 Å². The zero-order valence-electron chi connectivity index (χ0n) is 37.5. The average molecular weight is 895 g/mol. The molecule has 2 aliphatic rings. The summed E-state index contributed by atoms with van der Waals surface area (Å²) in [4.78, 5) is 60.0. The molecule has 0 saturated heterocycles. The van der Waals surface area contributed by atoms with Crippen LogP contribution in [0.15, 0.2) is 91.4 Å². The van der Waals surface area contributed by atoms with Gasteiger partial charge in [-0.1, -0.05) is 36.4 Å². The number of nitrogens with one attached hydrogen (secondary N) is 5. The molecule has 0 bridgehead atoms. The summed E-state index contributed by atoms with van der Waals surface area (Å²) >= 11 is 0. The number of nitrogens with zero attached hydrogens (tertiary/aromatic N) is 6. The molecule has 6 aromatic rings. The van der Waals surface area contributed by atoms with Crippen molar-refractivity contribution in [3.8, 4) is 0 Å². The van der Waals surface area contributed by atoms with Crippen molar-refractivity contribution in [2.24, 2.45) is 28.7 Å². The van der Waals surface area contributed by atoms with Crippen molar-refractivity contribution in [1.82, 2.24) is 29.9 Å². The van der Waals surface area contributed by atoms with Crippen LogP contribution in [0.4, 0.5) is 46.4 Å². The van der Waals surface area contributed by atoms with Gasteiger partial charge in [0.1, 0.15) is 40.0 Å². The Hall–Kier alpha value is -7.77. The zero-order valence-corrected chi connectivity index (χ0v) is 37.5. The highest BCUT2D eigenvalue weighted by molar-refractivity contribution is 5.99. The second-order valence-corrected chi connectivity index (χ2v) is 16.4. The monoisotopic (exact) mass is 894 g/mol. The maximum absolute atomic E-state index is 11.6. The molecule has 2 aliphatic carbocycles. The molecule has 15 N–H and O–H groups in total. The summed E-state index contributed by atoms with van der Waals surface area (Å²) in [6.45, 7) is 7.74. The van der Waals surface area contributed by atoms with Gasteiger partial charge in [-0.05, 0) is 119 Å². The highest BCUT2D eigenvalue weighted by atomic mass is 16.2. The number of nitrogens with two attached hydrogens (primary N) is 5. The van der Waals surface area contributed by atoms with Crippen LogP contribution in [0.3, 0.4) is 0 Å². The van der Waals surface area contributed by atoms with Crippen molar-refractivity contribution in [3.05, 3.63) is 131 Å². The SMILES string of the molecule is Cc1cccc(Nc2nc(C)ncc2C(N)=O)c1.Cc1cccc(Nc2nc(N[C@@H]3CCC[C@@H]3N)ncc2C(N)=O)c1.Cc1cccc(Nc2nc(N[C@@H]3CCC[C@@H]3N)ncc2C(N)=O)c1. The minimum Gasteiger partial charge on any atom is -0.365 e. The van der Waals surface area contributed by atoms with E-state index >= 15 is 0 Å². The molecule has 66 heavy (non-hydrogen) atoms. The Bertz CT molecular complexity index is 2530. The molecule has 8 rings (SSSR count). The van der Waals surface area contributed by atoms with Gasteiger partial charge >= 0.3 is 0 Å². The first-order chi connectivity index (χ1) is 31.6. The molecule has 344 valence electrons. The molecule has 3 heterocycles. The fourth-order valence-corrected chi connectivity index (χ4v) is 7.45. The predicted octanol–water partition coefficient (Wildman–Crippen LogP) is 5.77. The van der Waals surface area contributed by atoms with E-state index in [2.05, 4.69) is 56.5 Å². The van der Waals surface area contributed by atoms with Crippen LogP contribution < -0.4 is 55.3 Å². The van der Waals surface area contributed by atoms with E-state index in [1.165, 1.54) is 18.6 Å². The molecule has 2 fully saturated rings. The first kappa shape index (κ1) is 47.7. The highest BCUT2D eigenvalue weighted by Gasteiger charge is 2.26. The highest BCUT2D eigenvalue weighted by Crippen LogP contribution is 2.26. The number of primary amides is 3. The maximum atomic E-state index is 11.6. The van der Waals surface area contributed by atoms with Crippen LogP contribution in [0, 0.1) is 27.7 Å². The number of rotatable bonds is 13. The summed E-state index contributed by atoms with van der Waals surface area (Å²) in [5, 5.41) is 15.9. The van der Waals surface area contributed by atoms with Gasteiger partial charge in [0, 0.05) is 59.8 Å². The van der Waals surface area contributed by atoms with Gasteiger partial charge in [-0.2, -0.15) is 9.97 Å². The van der Waals surface area contributed by atoms with Crippen LogP contribution in [0.5, 0.6) is 0 Å². The van der Waals surface area contributed by atoms with Gasteiger partial charge in [-0.25, -0.2) is 19.9 Å². The molecule has 2 saturated carbocycles. The molecule has 0 aliphatic heterocycles. The molecule has 19 heteroatoms. The van der Waals surface area contributed by atoms with Gasteiger partial charge in [0.2, 0.25) is 11.9 Å². The maximum Gasteiger partial charge on any atom is 0.254 e.